The van der Waals surface area contributed by atoms with E-state index in [1.165, 1.54) is 0 Å². The van der Waals surface area contributed by atoms with E-state index in [4.69, 9.17) is 21.4 Å². The Morgan fingerprint density at radius 3 is 2.61 bits per heavy atom. The van der Waals surface area contributed by atoms with Crippen LogP contribution in [0.15, 0.2) is 24.3 Å². The van der Waals surface area contributed by atoms with Gasteiger partial charge in [0.15, 0.2) is 27.1 Å². The first-order chi connectivity index (χ1) is 15.6. The summed E-state index contributed by atoms with van der Waals surface area (Å²) in [4.78, 5) is 22.7. The second-order valence-corrected chi connectivity index (χ2v) is 11.4. The Hall–Kier alpha value is -2.34. The molecule has 1 aromatic carbocycles. The Labute approximate surface area is 200 Å². The molecule has 0 bridgehead atoms. The number of nitrogens with one attached hydrogen (secondary N) is 2. The van der Waals surface area contributed by atoms with Crippen LogP contribution in [0.1, 0.15) is 29.4 Å². The number of hydrogen-bond donors (Lipinski definition) is 4. The third-order valence-electron chi connectivity index (χ3n) is 5.38. The first-order valence-electron chi connectivity index (χ1n) is 10.3. The molecule has 1 fully saturated rings. The highest BCUT2D eigenvalue weighted by atomic mass is 35.5. The molecule has 1 saturated heterocycles. The summed E-state index contributed by atoms with van der Waals surface area (Å²) in [5, 5.41) is 24.0. The fraction of sp³-hybridized carbons (Fsp3) is 0.429. The molecular weight excluding hydrogens is 492 g/mol. The van der Waals surface area contributed by atoms with E-state index in [1.54, 1.807) is 31.2 Å². The number of hydrogen-bond acceptors (Lipinski definition) is 8. The molecule has 9 nitrogen and oxygen atoms in total. The predicted molar refractivity (Wildman–Crippen MR) is 127 cm³/mol. The minimum atomic E-state index is -3.39. The third kappa shape index (κ3) is 5.97. The minimum absolute atomic E-state index is 0.00751. The molecule has 0 saturated carbocycles. The SMILES string of the molecule is CCS(=O)(=O)C(Nc1cccc(-c2sc(C(=O)O)c(OCC(=O)O)c2Cl)c1)C1CCNCC1. The minimum Gasteiger partial charge on any atom is -0.479 e. The largest absolute Gasteiger partial charge is 0.479 e. The zero-order valence-corrected chi connectivity index (χ0v) is 20.2. The van der Waals surface area contributed by atoms with Crippen LogP contribution >= 0.6 is 22.9 Å². The van der Waals surface area contributed by atoms with E-state index in [-0.39, 0.29) is 27.3 Å². The van der Waals surface area contributed by atoms with Crippen LogP contribution in [0.2, 0.25) is 5.02 Å². The third-order valence-corrected chi connectivity index (χ3v) is 9.14. The number of thiophene rings is 1. The fourth-order valence-electron chi connectivity index (χ4n) is 3.73. The molecule has 0 amide bonds. The summed E-state index contributed by atoms with van der Waals surface area (Å²) < 4.78 is 30.8. The van der Waals surface area contributed by atoms with E-state index in [9.17, 15) is 23.1 Å². The van der Waals surface area contributed by atoms with Crippen molar-refractivity contribution in [2.24, 2.45) is 5.92 Å². The molecule has 1 aliphatic rings. The van der Waals surface area contributed by atoms with Crippen LogP contribution in [0, 0.1) is 5.92 Å². The van der Waals surface area contributed by atoms with Gasteiger partial charge in [0.1, 0.15) is 10.4 Å². The molecule has 1 aliphatic heterocycles. The average molecular weight is 517 g/mol. The maximum absolute atomic E-state index is 12.8. The lowest BCUT2D eigenvalue weighted by Gasteiger charge is -2.31. The van der Waals surface area contributed by atoms with Gasteiger partial charge in [0.25, 0.3) is 0 Å². The highest BCUT2D eigenvalue weighted by Gasteiger charge is 2.33. The first-order valence-corrected chi connectivity index (χ1v) is 13.2. The van der Waals surface area contributed by atoms with Gasteiger partial charge in [-0.15, -0.1) is 11.3 Å². The van der Waals surface area contributed by atoms with Gasteiger partial charge in [0.05, 0.1) is 4.88 Å². The molecular formula is C21H25ClN2O7S2. The number of carbonyl (C=O) groups is 2. The number of aromatic carboxylic acids is 1. The van der Waals surface area contributed by atoms with Crippen molar-refractivity contribution in [2.75, 3.05) is 30.8 Å². The van der Waals surface area contributed by atoms with Gasteiger partial charge in [0, 0.05) is 11.4 Å². The number of ether oxygens (including phenoxy) is 1. The number of anilines is 1. The van der Waals surface area contributed by atoms with E-state index in [2.05, 4.69) is 10.6 Å². The summed E-state index contributed by atoms with van der Waals surface area (Å²) in [5.41, 5.74) is 1.11. The number of aliphatic carboxylic acids is 1. The van der Waals surface area contributed by atoms with Crippen molar-refractivity contribution in [1.82, 2.24) is 5.32 Å². The Bertz CT molecular complexity index is 1130. The number of sulfone groups is 1. The van der Waals surface area contributed by atoms with Crippen molar-refractivity contribution in [1.29, 1.82) is 0 Å². The van der Waals surface area contributed by atoms with E-state index < -0.39 is 33.8 Å². The molecule has 1 unspecified atom stereocenters. The summed E-state index contributed by atoms with van der Waals surface area (Å²) in [6.45, 7) is 2.40. The average Bonchev–Trinajstić information content (AvgIpc) is 3.13. The summed E-state index contributed by atoms with van der Waals surface area (Å²) in [6, 6.07) is 6.86. The molecule has 0 aliphatic carbocycles. The number of benzene rings is 1. The molecule has 3 rings (SSSR count). The number of piperidine rings is 1. The maximum atomic E-state index is 12.8. The lowest BCUT2D eigenvalue weighted by atomic mass is 9.97. The summed E-state index contributed by atoms with van der Waals surface area (Å²) in [7, 11) is -3.39. The van der Waals surface area contributed by atoms with Gasteiger partial charge in [-0.25, -0.2) is 18.0 Å². The highest BCUT2D eigenvalue weighted by molar-refractivity contribution is 7.92. The van der Waals surface area contributed by atoms with Crippen molar-refractivity contribution in [3.8, 4) is 16.2 Å². The lowest BCUT2D eigenvalue weighted by molar-refractivity contribution is -0.139. The number of rotatable bonds is 10. The van der Waals surface area contributed by atoms with Crippen molar-refractivity contribution < 1.29 is 33.0 Å². The van der Waals surface area contributed by atoms with Gasteiger partial charge in [-0.3, -0.25) is 0 Å². The summed E-state index contributed by atoms with van der Waals surface area (Å²) in [6.07, 6.45) is 1.47. The van der Waals surface area contributed by atoms with Crippen molar-refractivity contribution in [3.63, 3.8) is 0 Å². The van der Waals surface area contributed by atoms with Crippen LogP contribution in [-0.4, -0.2) is 61.4 Å². The van der Waals surface area contributed by atoms with Gasteiger partial charge in [-0.1, -0.05) is 30.7 Å². The molecule has 33 heavy (non-hydrogen) atoms. The van der Waals surface area contributed by atoms with Crippen LogP contribution in [0.5, 0.6) is 5.75 Å². The Kier molecular flexibility index (Phi) is 8.22. The van der Waals surface area contributed by atoms with E-state index in [1.807, 2.05) is 0 Å². The Balaban J connectivity index is 1.95. The molecule has 12 heteroatoms. The number of carboxylic acid groups (broad SMARTS) is 2. The number of carboxylic acids is 2. The topological polar surface area (TPSA) is 142 Å². The first kappa shape index (κ1) is 25.3. The smallest absolute Gasteiger partial charge is 0.349 e. The predicted octanol–water partition coefficient (Wildman–Crippen LogP) is 3.40. The van der Waals surface area contributed by atoms with E-state index in [0.717, 1.165) is 37.3 Å². The van der Waals surface area contributed by atoms with Crippen molar-refractivity contribution in [2.45, 2.75) is 25.1 Å². The highest BCUT2D eigenvalue weighted by Crippen LogP contribution is 2.46. The molecule has 1 aromatic heterocycles. The molecule has 180 valence electrons. The Morgan fingerprint density at radius 2 is 2.00 bits per heavy atom. The van der Waals surface area contributed by atoms with Crippen molar-refractivity contribution in [3.05, 3.63) is 34.2 Å². The summed E-state index contributed by atoms with van der Waals surface area (Å²) in [5.74, 6) is -2.78. The van der Waals surface area contributed by atoms with Crippen LogP contribution in [0.25, 0.3) is 10.4 Å². The van der Waals surface area contributed by atoms with Gasteiger partial charge in [-0.05, 0) is 49.5 Å². The molecule has 2 aromatic rings. The van der Waals surface area contributed by atoms with Crippen LogP contribution in [0.4, 0.5) is 5.69 Å². The second kappa shape index (κ2) is 10.7. The van der Waals surface area contributed by atoms with Crippen LogP contribution in [-0.2, 0) is 14.6 Å². The second-order valence-electron chi connectivity index (χ2n) is 7.58. The van der Waals surface area contributed by atoms with E-state index >= 15 is 0 Å². The fourth-order valence-corrected chi connectivity index (χ4v) is 6.66. The Morgan fingerprint density at radius 1 is 1.30 bits per heavy atom. The zero-order valence-electron chi connectivity index (χ0n) is 17.8. The number of halogens is 1. The zero-order chi connectivity index (χ0) is 24.2. The monoisotopic (exact) mass is 516 g/mol. The van der Waals surface area contributed by atoms with Crippen LogP contribution in [0.3, 0.4) is 0 Å². The summed E-state index contributed by atoms with van der Waals surface area (Å²) >= 11 is 7.23. The lowest BCUT2D eigenvalue weighted by Crippen LogP contribution is -2.43. The van der Waals surface area contributed by atoms with Gasteiger partial charge in [0.2, 0.25) is 0 Å². The standard InChI is InChI=1S/C21H25ClN2O7S2/c1-2-33(29,30)20(12-6-8-23-9-7-12)24-14-5-3-4-13(10-14)18-16(22)17(31-11-15(25)26)19(32-18)21(27)28/h3-5,10,12,20,23-24H,2,6-9,11H2,1H3,(H,25,26)(H,27,28). The van der Waals surface area contributed by atoms with Gasteiger partial charge >= 0.3 is 11.9 Å². The quantitative estimate of drug-likeness (QED) is 0.373. The molecule has 0 spiro atoms. The van der Waals surface area contributed by atoms with Gasteiger partial charge in [-0.2, -0.15) is 0 Å². The van der Waals surface area contributed by atoms with Crippen LogP contribution < -0.4 is 15.4 Å². The van der Waals surface area contributed by atoms with Gasteiger partial charge < -0.3 is 25.6 Å². The molecule has 4 N–H and O–H groups in total. The molecule has 0 radical (unpaired) electrons. The maximum Gasteiger partial charge on any atom is 0.349 e. The normalized spacial score (nSPS) is 15.7. The van der Waals surface area contributed by atoms with Crippen molar-refractivity contribution >= 4 is 50.4 Å². The molecule has 1 atom stereocenters. The van der Waals surface area contributed by atoms with E-state index in [0.29, 0.717) is 16.1 Å². The molecule has 2 heterocycles.